The van der Waals surface area contributed by atoms with Crippen LogP contribution < -0.4 is 15.4 Å². The van der Waals surface area contributed by atoms with E-state index in [0.29, 0.717) is 48.0 Å². The third-order valence-electron chi connectivity index (χ3n) is 3.61. The molecule has 0 aliphatic heterocycles. The smallest absolute Gasteiger partial charge is 0.253 e. The Bertz CT molecular complexity index is 732. The molecule has 0 heterocycles. The van der Waals surface area contributed by atoms with Gasteiger partial charge in [0.05, 0.1) is 17.9 Å². The summed E-state index contributed by atoms with van der Waals surface area (Å²) < 4.78 is 5.57. The summed E-state index contributed by atoms with van der Waals surface area (Å²) in [5.74, 6) is 0.377. The Morgan fingerprint density at radius 2 is 1.81 bits per heavy atom. The van der Waals surface area contributed by atoms with E-state index in [-0.39, 0.29) is 11.8 Å². The maximum absolute atomic E-state index is 12.2. The van der Waals surface area contributed by atoms with Gasteiger partial charge in [-0.05, 0) is 49.2 Å². The minimum Gasteiger partial charge on any atom is -0.494 e. The quantitative estimate of drug-likeness (QED) is 0.644. The maximum Gasteiger partial charge on any atom is 0.253 e. The summed E-state index contributed by atoms with van der Waals surface area (Å²) in [6.07, 6.45) is 1.73. The van der Waals surface area contributed by atoms with E-state index in [2.05, 4.69) is 10.6 Å². The lowest BCUT2D eigenvalue weighted by atomic mass is 10.1. The van der Waals surface area contributed by atoms with Crippen molar-refractivity contribution in [3.8, 4) is 5.75 Å². The number of ether oxygens (including phenoxy) is 1. The molecule has 2 aromatic carbocycles. The van der Waals surface area contributed by atoms with E-state index >= 15 is 0 Å². The van der Waals surface area contributed by atoms with Crippen molar-refractivity contribution in [2.75, 3.05) is 18.5 Å². The Morgan fingerprint density at radius 3 is 2.54 bits per heavy atom. The second kappa shape index (κ2) is 10.5. The molecule has 0 aliphatic rings. The Morgan fingerprint density at radius 1 is 1.08 bits per heavy atom. The number of rotatable bonds is 9. The number of carbonyl (C=O) groups excluding carboxylic acids is 2. The number of amides is 2. The SMILES string of the molecule is CCCNC(=O)c1ccccc1NC(=O)CCCOc1ccc(Cl)cc1. The molecule has 2 N–H and O–H groups in total. The van der Waals surface area contributed by atoms with Gasteiger partial charge in [-0.3, -0.25) is 9.59 Å². The lowest BCUT2D eigenvalue weighted by molar-refractivity contribution is -0.116. The third kappa shape index (κ3) is 6.41. The molecular weight excluding hydrogens is 352 g/mol. The average molecular weight is 375 g/mol. The molecule has 2 rings (SSSR count). The molecule has 0 aromatic heterocycles. The standard InChI is InChI=1S/C20H23ClN2O3/c1-2-13-22-20(25)17-6-3-4-7-18(17)23-19(24)8-5-14-26-16-11-9-15(21)10-12-16/h3-4,6-7,9-12H,2,5,8,13-14H2,1H3,(H,22,25)(H,23,24). The number of carbonyl (C=O) groups is 2. The summed E-state index contributed by atoms with van der Waals surface area (Å²) in [5.41, 5.74) is 0.983. The predicted octanol–water partition coefficient (Wildman–Crippen LogP) is 4.28. The fraction of sp³-hybridized carbons (Fsp3) is 0.300. The molecule has 0 bridgehead atoms. The van der Waals surface area contributed by atoms with Gasteiger partial charge in [-0.1, -0.05) is 30.7 Å². The van der Waals surface area contributed by atoms with E-state index in [1.54, 1.807) is 48.5 Å². The molecule has 0 saturated carbocycles. The Balaban J connectivity index is 1.80. The van der Waals surface area contributed by atoms with E-state index in [0.717, 1.165) is 6.42 Å². The van der Waals surface area contributed by atoms with Crippen LogP contribution in [0.15, 0.2) is 48.5 Å². The van der Waals surface area contributed by atoms with Crippen molar-refractivity contribution in [3.63, 3.8) is 0 Å². The van der Waals surface area contributed by atoms with Crippen molar-refractivity contribution in [2.24, 2.45) is 0 Å². The average Bonchev–Trinajstić information content (AvgIpc) is 2.65. The van der Waals surface area contributed by atoms with Gasteiger partial charge in [-0.25, -0.2) is 0 Å². The zero-order valence-electron chi connectivity index (χ0n) is 14.8. The molecule has 2 aromatic rings. The highest BCUT2D eigenvalue weighted by Crippen LogP contribution is 2.17. The minimum atomic E-state index is -0.186. The Labute approximate surface area is 158 Å². The van der Waals surface area contributed by atoms with Crippen molar-refractivity contribution >= 4 is 29.1 Å². The van der Waals surface area contributed by atoms with Crippen LogP contribution in [0.25, 0.3) is 0 Å². The lowest BCUT2D eigenvalue weighted by Crippen LogP contribution is -2.25. The normalized spacial score (nSPS) is 10.2. The van der Waals surface area contributed by atoms with Crippen molar-refractivity contribution in [1.29, 1.82) is 0 Å². The first-order valence-electron chi connectivity index (χ1n) is 8.65. The lowest BCUT2D eigenvalue weighted by Gasteiger charge is -2.11. The molecule has 6 heteroatoms. The van der Waals surface area contributed by atoms with Crippen LogP contribution in [-0.2, 0) is 4.79 Å². The highest BCUT2D eigenvalue weighted by molar-refractivity contribution is 6.30. The van der Waals surface area contributed by atoms with Gasteiger partial charge in [0.2, 0.25) is 5.91 Å². The van der Waals surface area contributed by atoms with Crippen molar-refractivity contribution in [1.82, 2.24) is 5.32 Å². The first kappa shape index (κ1) is 19.8. The largest absolute Gasteiger partial charge is 0.494 e. The van der Waals surface area contributed by atoms with Gasteiger partial charge in [0.15, 0.2) is 0 Å². The first-order chi connectivity index (χ1) is 12.6. The summed E-state index contributed by atoms with van der Waals surface area (Å²) in [4.78, 5) is 24.3. The Hall–Kier alpha value is -2.53. The van der Waals surface area contributed by atoms with E-state index in [1.165, 1.54) is 0 Å². The number of halogens is 1. The van der Waals surface area contributed by atoms with Gasteiger partial charge in [-0.15, -0.1) is 0 Å². The fourth-order valence-corrected chi connectivity index (χ4v) is 2.42. The van der Waals surface area contributed by atoms with Gasteiger partial charge in [0.25, 0.3) is 5.91 Å². The third-order valence-corrected chi connectivity index (χ3v) is 3.86. The molecule has 26 heavy (non-hydrogen) atoms. The van der Waals surface area contributed by atoms with E-state index < -0.39 is 0 Å². The second-order valence-corrected chi connectivity index (χ2v) is 6.19. The molecule has 2 amide bonds. The van der Waals surface area contributed by atoms with Gasteiger partial charge in [0.1, 0.15) is 5.75 Å². The van der Waals surface area contributed by atoms with Crippen LogP contribution >= 0.6 is 11.6 Å². The summed E-state index contributed by atoms with van der Waals surface area (Å²) >= 11 is 5.82. The Kier molecular flexibility index (Phi) is 7.96. The number of hydrogen-bond acceptors (Lipinski definition) is 3. The molecule has 0 atom stereocenters. The molecule has 0 fully saturated rings. The van der Waals surface area contributed by atoms with Crippen LogP contribution in [0.2, 0.25) is 5.02 Å². The molecule has 0 saturated heterocycles. The summed E-state index contributed by atoms with van der Waals surface area (Å²) in [6, 6.07) is 14.1. The van der Waals surface area contributed by atoms with E-state index in [1.807, 2.05) is 6.92 Å². The molecule has 138 valence electrons. The molecule has 0 aliphatic carbocycles. The van der Waals surface area contributed by atoms with Crippen LogP contribution in [0, 0.1) is 0 Å². The number of benzene rings is 2. The highest BCUT2D eigenvalue weighted by Gasteiger charge is 2.12. The van der Waals surface area contributed by atoms with Gasteiger partial charge in [-0.2, -0.15) is 0 Å². The van der Waals surface area contributed by atoms with Crippen molar-refractivity contribution in [3.05, 3.63) is 59.1 Å². The van der Waals surface area contributed by atoms with Crippen LogP contribution in [0.5, 0.6) is 5.75 Å². The summed E-state index contributed by atoms with van der Waals surface area (Å²) in [6.45, 7) is 3.01. The number of nitrogens with one attached hydrogen (secondary N) is 2. The zero-order valence-corrected chi connectivity index (χ0v) is 15.5. The molecule has 0 unspecified atom stereocenters. The summed E-state index contributed by atoms with van der Waals surface area (Å²) in [5, 5.41) is 6.27. The molecule has 0 spiro atoms. The monoisotopic (exact) mass is 374 g/mol. The maximum atomic E-state index is 12.2. The minimum absolute atomic E-state index is 0.152. The highest BCUT2D eigenvalue weighted by atomic mass is 35.5. The van der Waals surface area contributed by atoms with E-state index in [4.69, 9.17) is 16.3 Å². The van der Waals surface area contributed by atoms with Gasteiger partial charge in [0, 0.05) is 18.0 Å². The van der Waals surface area contributed by atoms with Crippen molar-refractivity contribution in [2.45, 2.75) is 26.2 Å². The molecule has 5 nitrogen and oxygen atoms in total. The number of hydrogen-bond donors (Lipinski definition) is 2. The van der Waals surface area contributed by atoms with Gasteiger partial charge >= 0.3 is 0 Å². The second-order valence-electron chi connectivity index (χ2n) is 5.76. The van der Waals surface area contributed by atoms with Crippen molar-refractivity contribution < 1.29 is 14.3 Å². The topological polar surface area (TPSA) is 67.4 Å². The fourth-order valence-electron chi connectivity index (χ4n) is 2.29. The number of anilines is 1. The van der Waals surface area contributed by atoms with Gasteiger partial charge < -0.3 is 15.4 Å². The molecule has 0 radical (unpaired) electrons. The van der Waals surface area contributed by atoms with Crippen LogP contribution in [0.3, 0.4) is 0 Å². The zero-order chi connectivity index (χ0) is 18.8. The van der Waals surface area contributed by atoms with Crippen LogP contribution in [0.1, 0.15) is 36.5 Å². The number of para-hydroxylation sites is 1. The van der Waals surface area contributed by atoms with Crippen LogP contribution in [-0.4, -0.2) is 25.0 Å². The first-order valence-corrected chi connectivity index (χ1v) is 9.03. The molecular formula is C20H23ClN2O3. The van der Waals surface area contributed by atoms with E-state index in [9.17, 15) is 9.59 Å². The summed E-state index contributed by atoms with van der Waals surface area (Å²) in [7, 11) is 0. The van der Waals surface area contributed by atoms with Crippen LogP contribution in [0.4, 0.5) is 5.69 Å². The predicted molar refractivity (Wildman–Crippen MR) is 104 cm³/mol.